The predicted octanol–water partition coefficient (Wildman–Crippen LogP) is 10.7. The Morgan fingerprint density at radius 3 is 2.57 bits per heavy atom. The van der Waals surface area contributed by atoms with Crippen LogP contribution in [0.5, 0.6) is 17.4 Å². The number of methoxy groups -OCH3 is 1. The summed E-state index contributed by atoms with van der Waals surface area (Å²) in [5, 5.41) is 17.8. The molecule has 11 heteroatoms. The average Bonchev–Trinajstić information content (AvgIpc) is 3.58. The van der Waals surface area contributed by atoms with E-state index in [1.807, 2.05) is 60.8 Å². The summed E-state index contributed by atoms with van der Waals surface area (Å²) < 4.78 is 18.1. The van der Waals surface area contributed by atoms with E-state index >= 15 is 0 Å². The number of anilines is 1. The van der Waals surface area contributed by atoms with Crippen LogP contribution in [0.25, 0.3) is 11.1 Å². The largest absolute Gasteiger partial charge is 0.494 e. The van der Waals surface area contributed by atoms with Crippen molar-refractivity contribution in [2.24, 2.45) is 11.8 Å². The number of nitrogens with zero attached hydrogens (tertiary/aromatic N) is 2. The van der Waals surface area contributed by atoms with Gasteiger partial charge in [0, 0.05) is 59.0 Å². The molecule has 0 aliphatic heterocycles. The minimum absolute atomic E-state index is 0.0298. The summed E-state index contributed by atoms with van der Waals surface area (Å²) >= 11 is 6.32. The first kappa shape index (κ1) is 44.0. The van der Waals surface area contributed by atoms with Gasteiger partial charge in [-0.15, -0.1) is 0 Å². The number of ether oxygens (including phenoxy) is 3. The third-order valence-corrected chi connectivity index (χ3v) is 14.0. The number of aromatic nitrogens is 2. The van der Waals surface area contributed by atoms with Gasteiger partial charge in [-0.05, 0) is 158 Å². The number of nitrogens with one attached hydrogen (secondary N) is 2. The summed E-state index contributed by atoms with van der Waals surface area (Å²) in [5.41, 5.74) is 7.39. The Morgan fingerprint density at radius 1 is 0.952 bits per heavy atom. The number of rotatable bonds is 17. The number of hydrogen-bond acceptors (Lipinski definition) is 8. The van der Waals surface area contributed by atoms with Gasteiger partial charge in [-0.3, -0.25) is 9.78 Å². The molecule has 3 aliphatic carbocycles. The zero-order valence-electron chi connectivity index (χ0n) is 36.6. The van der Waals surface area contributed by atoms with Crippen LogP contribution in [0.4, 0.5) is 5.69 Å². The molecule has 3 aliphatic rings. The highest BCUT2D eigenvalue weighted by Crippen LogP contribution is 2.57. The van der Waals surface area contributed by atoms with Gasteiger partial charge in [-0.2, -0.15) is 0 Å². The topological polar surface area (TPSA) is 132 Å². The minimum atomic E-state index is -1.11. The number of carbonyl (C=O) groups is 2. The smallest absolute Gasteiger partial charge is 0.329 e. The molecule has 1 fully saturated rings. The van der Waals surface area contributed by atoms with Crippen molar-refractivity contribution in [3.05, 3.63) is 130 Å². The summed E-state index contributed by atoms with van der Waals surface area (Å²) in [6, 6.07) is 27.7. The highest BCUT2D eigenvalue weighted by atomic mass is 35.5. The quantitative estimate of drug-likeness (QED) is 0.0781. The van der Waals surface area contributed by atoms with Gasteiger partial charge in [-0.25, -0.2) is 9.78 Å². The van der Waals surface area contributed by atoms with E-state index in [1.165, 1.54) is 22.4 Å². The standard InChI is InChI=1S/C52H59ClN4O6/c1-34(33-63-46-19-24-54-45-13-4-8-35(2)49(45)46)26-40-28-38-15-17-43(30-44(38)51(40)20-22-52(23-21-51,50(59)60)57-42-12-6-11-41(53)29-42)62-25-7-14-47(58)55-31-36-9-5-10-37(27-36)39-16-18-48(61-3)56-32-39/h5-6,9-12,15-19,24,27,29-30,32,34-35,40,57H,4,7-8,13-14,20-23,25-26,28,31,33H2,1-3H3,(H,55,58)(H,59,60)/t34-,35-,40+,51?,52?/m1/s1. The number of fused-ring (bicyclic) bond motifs is 3. The summed E-state index contributed by atoms with van der Waals surface area (Å²) in [5.74, 6) is 2.45. The second-order valence-electron chi connectivity index (χ2n) is 18.0. The molecular formula is C52H59ClN4O6. The number of pyridine rings is 2. The third-order valence-electron chi connectivity index (χ3n) is 13.8. The number of amides is 1. The zero-order valence-corrected chi connectivity index (χ0v) is 37.4. The number of carbonyl (C=O) groups excluding carboxylic acids is 1. The molecule has 3 aromatic carbocycles. The Hall–Kier alpha value is -5.61. The molecule has 1 amide bonds. The van der Waals surface area contributed by atoms with Gasteiger partial charge in [0.1, 0.15) is 17.0 Å². The lowest BCUT2D eigenvalue weighted by Gasteiger charge is -2.47. The molecule has 2 aromatic heterocycles. The van der Waals surface area contributed by atoms with Crippen molar-refractivity contribution in [1.82, 2.24) is 15.3 Å². The molecule has 0 saturated heterocycles. The zero-order chi connectivity index (χ0) is 44.0. The Morgan fingerprint density at radius 2 is 1.79 bits per heavy atom. The van der Waals surface area contributed by atoms with Gasteiger partial charge < -0.3 is 30.0 Å². The number of hydrogen-bond donors (Lipinski definition) is 3. The van der Waals surface area contributed by atoms with Crippen LogP contribution in [0, 0.1) is 11.8 Å². The van der Waals surface area contributed by atoms with E-state index in [0.29, 0.717) is 73.9 Å². The number of benzene rings is 3. The minimum Gasteiger partial charge on any atom is -0.494 e. The van der Waals surface area contributed by atoms with Crippen molar-refractivity contribution in [3.8, 4) is 28.5 Å². The van der Waals surface area contributed by atoms with Crippen molar-refractivity contribution >= 4 is 29.2 Å². The van der Waals surface area contributed by atoms with E-state index in [9.17, 15) is 14.7 Å². The van der Waals surface area contributed by atoms with E-state index in [2.05, 4.69) is 52.6 Å². The fourth-order valence-corrected chi connectivity index (χ4v) is 10.6. The highest BCUT2D eigenvalue weighted by Gasteiger charge is 2.54. The van der Waals surface area contributed by atoms with Crippen LogP contribution in [0.3, 0.4) is 0 Å². The first-order valence-electron chi connectivity index (χ1n) is 22.5. The van der Waals surface area contributed by atoms with Crippen molar-refractivity contribution in [1.29, 1.82) is 0 Å². The third kappa shape index (κ3) is 9.96. The molecule has 5 aromatic rings. The lowest BCUT2D eigenvalue weighted by molar-refractivity contribution is -0.144. The maximum atomic E-state index is 13.1. The first-order valence-corrected chi connectivity index (χ1v) is 22.9. The highest BCUT2D eigenvalue weighted by molar-refractivity contribution is 6.30. The van der Waals surface area contributed by atoms with E-state index in [4.69, 9.17) is 25.8 Å². The molecule has 330 valence electrons. The first-order chi connectivity index (χ1) is 30.5. The maximum Gasteiger partial charge on any atom is 0.329 e. The molecular weight excluding hydrogens is 812 g/mol. The maximum absolute atomic E-state index is 13.1. The Balaban J connectivity index is 0.921. The van der Waals surface area contributed by atoms with Crippen LogP contribution in [-0.2, 0) is 34.4 Å². The number of aryl methyl sites for hydroxylation is 1. The van der Waals surface area contributed by atoms with Crippen molar-refractivity contribution in [3.63, 3.8) is 0 Å². The molecule has 0 bridgehead atoms. The molecule has 3 atom stereocenters. The van der Waals surface area contributed by atoms with Gasteiger partial charge in [0.2, 0.25) is 11.8 Å². The van der Waals surface area contributed by atoms with Gasteiger partial charge in [0.25, 0.3) is 0 Å². The molecule has 3 N–H and O–H groups in total. The van der Waals surface area contributed by atoms with Crippen LogP contribution in [0.1, 0.15) is 106 Å². The summed E-state index contributed by atoms with van der Waals surface area (Å²) in [6.45, 7) is 5.99. The monoisotopic (exact) mass is 870 g/mol. The summed E-state index contributed by atoms with van der Waals surface area (Å²) in [6.07, 6.45) is 12.1. The number of carboxylic acids is 1. The van der Waals surface area contributed by atoms with Gasteiger partial charge in [-0.1, -0.05) is 55.8 Å². The lowest BCUT2D eigenvalue weighted by Crippen LogP contribution is -2.53. The summed E-state index contributed by atoms with van der Waals surface area (Å²) in [4.78, 5) is 35.0. The molecule has 63 heavy (non-hydrogen) atoms. The van der Waals surface area contributed by atoms with E-state index < -0.39 is 11.5 Å². The van der Waals surface area contributed by atoms with Crippen molar-refractivity contribution in [2.75, 3.05) is 25.6 Å². The SMILES string of the molecule is COc1ccc(-c2cccc(CNC(=O)CCCOc3ccc4c(c3)C3(CCC(Nc5cccc(Cl)c5)(C(=O)O)CC3)[C@@H](C[C@@H](C)COc3ccnc5c3[C@H](C)CCC5)C4)c2)cn1. The molecule has 1 spiro atoms. The molecule has 0 radical (unpaired) electrons. The molecule has 0 unspecified atom stereocenters. The summed E-state index contributed by atoms with van der Waals surface area (Å²) in [7, 11) is 1.60. The van der Waals surface area contributed by atoms with E-state index in [-0.39, 0.29) is 17.2 Å². The van der Waals surface area contributed by atoms with Crippen LogP contribution in [0.15, 0.2) is 97.3 Å². The van der Waals surface area contributed by atoms with Gasteiger partial charge in [0.05, 0.1) is 20.3 Å². The van der Waals surface area contributed by atoms with Crippen LogP contribution in [-0.4, -0.2) is 52.8 Å². The Kier molecular flexibility index (Phi) is 13.6. The Bertz CT molecular complexity index is 2400. The predicted molar refractivity (Wildman–Crippen MR) is 247 cm³/mol. The van der Waals surface area contributed by atoms with Gasteiger partial charge >= 0.3 is 5.97 Å². The number of aliphatic carboxylic acids is 1. The van der Waals surface area contributed by atoms with Crippen molar-refractivity contribution in [2.45, 2.75) is 108 Å². The van der Waals surface area contributed by atoms with Crippen molar-refractivity contribution < 1.29 is 28.9 Å². The van der Waals surface area contributed by atoms with Crippen LogP contribution >= 0.6 is 11.6 Å². The number of halogens is 1. The number of carboxylic acid groups (broad SMARTS) is 1. The van der Waals surface area contributed by atoms with Gasteiger partial charge in [0.15, 0.2) is 0 Å². The second kappa shape index (κ2) is 19.4. The molecule has 8 rings (SSSR count). The fourth-order valence-electron chi connectivity index (χ4n) is 10.4. The van der Waals surface area contributed by atoms with E-state index in [0.717, 1.165) is 73.1 Å². The average molecular weight is 872 g/mol. The molecule has 1 saturated carbocycles. The lowest BCUT2D eigenvalue weighted by atomic mass is 9.59. The molecule has 2 heterocycles. The Labute approximate surface area is 376 Å². The fraction of sp³-hybridized carbons (Fsp3) is 0.423. The normalized spacial score (nSPS) is 21.8. The van der Waals surface area contributed by atoms with Crippen LogP contribution in [0.2, 0.25) is 5.02 Å². The van der Waals surface area contributed by atoms with Crippen LogP contribution < -0.4 is 24.8 Å². The van der Waals surface area contributed by atoms with E-state index in [1.54, 1.807) is 25.4 Å². The molecule has 10 nitrogen and oxygen atoms in total. The second-order valence-corrected chi connectivity index (χ2v) is 18.5.